The minimum atomic E-state index is -0.344. The van der Waals surface area contributed by atoms with Gasteiger partial charge < -0.3 is 9.47 Å². The first-order valence-corrected chi connectivity index (χ1v) is 9.64. The van der Waals surface area contributed by atoms with Crippen LogP contribution in [-0.2, 0) is 16.0 Å². The van der Waals surface area contributed by atoms with E-state index in [1.54, 1.807) is 0 Å². The summed E-state index contributed by atoms with van der Waals surface area (Å²) in [5, 5.41) is 2.32. The van der Waals surface area contributed by atoms with Crippen molar-refractivity contribution < 1.29 is 45.4 Å². The molecule has 0 bridgehead atoms. The Balaban J connectivity index is 0.00000171. The van der Waals surface area contributed by atoms with Crippen LogP contribution in [0.2, 0.25) is 0 Å². The molecule has 1 saturated carbocycles. The van der Waals surface area contributed by atoms with E-state index in [0.29, 0.717) is 24.2 Å². The topological polar surface area (TPSA) is 35.5 Å². The molecule has 2 unspecified atom stereocenters. The van der Waals surface area contributed by atoms with Crippen molar-refractivity contribution in [3.05, 3.63) is 65.8 Å². The molecule has 0 radical (unpaired) electrons. The molecule has 2 atom stereocenters. The molecular formula is C24H20O3U. The Labute approximate surface area is 188 Å². The summed E-state index contributed by atoms with van der Waals surface area (Å²) in [6.45, 7) is 2.77. The quantitative estimate of drug-likeness (QED) is 0.357. The van der Waals surface area contributed by atoms with E-state index in [0.717, 1.165) is 24.6 Å². The van der Waals surface area contributed by atoms with Crippen LogP contribution in [0.4, 0.5) is 0 Å². The van der Waals surface area contributed by atoms with E-state index in [1.165, 1.54) is 33.2 Å². The Kier molecular flexibility index (Phi) is 4.13. The van der Waals surface area contributed by atoms with Gasteiger partial charge in [0.2, 0.25) is 0 Å². The molecule has 3 aliphatic carbocycles. The number of esters is 1. The molecule has 1 spiro atoms. The first-order chi connectivity index (χ1) is 13.1. The second-order valence-corrected chi connectivity index (χ2v) is 8.38. The molecule has 1 aliphatic heterocycles. The van der Waals surface area contributed by atoms with E-state index in [1.807, 2.05) is 12.1 Å². The predicted molar refractivity (Wildman–Crippen MR) is 103 cm³/mol. The number of hydrogen-bond donors (Lipinski definition) is 0. The van der Waals surface area contributed by atoms with E-state index >= 15 is 0 Å². The number of hydrogen-bond acceptors (Lipinski definition) is 3. The fourth-order valence-corrected chi connectivity index (χ4v) is 5.34. The monoisotopic (exact) mass is 594 g/mol. The van der Waals surface area contributed by atoms with Gasteiger partial charge in [-0.15, -0.1) is 29.0 Å². The zero-order chi connectivity index (χ0) is 18.3. The smallest absolute Gasteiger partial charge is 0.683 e. The van der Waals surface area contributed by atoms with Crippen molar-refractivity contribution in [2.24, 2.45) is 17.3 Å². The van der Waals surface area contributed by atoms with Crippen LogP contribution >= 0.6 is 0 Å². The maximum Gasteiger partial charge on any atom is 2.00 e. The third-order valence-electron chi connectivity index (χ3n) is 7.09. The molecule has 2 aromatic carbocycles. The molecule has 0 aromatic heterocycles. The fourth-order valence-electron chi connectivity index (χ4n) is 5.34. The molecule has 1 fully saturated rings. The van der Waals surface area contributed by atoms with Crippen LogP contribution in [0.3, 0.4) is 0 Å². The van der Waals surface area contributed by atoms with Gasteiger partial charge in [-0.3, -0.25) is 4.79 Å². The number of rotatable bonds is 1. The maximum absolute atomic E-state index is 12.4. The summed E-state index contributed by atoms with van der Waals surface area (Å²) in [5.74, 6) is 1.51. The molecule has 4 heteroatoms. The van der Waals surface area contributed by atoms with Gasteiger partial charge in [0, 0.05) is 0 Å². The molecule has 0 amide bonds. The number of ether oxygens (including phenoxy) is 2. The van der Waals surface area contributed by atoms with Gasteiger partial charge in [-0.1, -0.05) is 24.6 Å². The Morgan fingerprint density at radius 3 is 2.82 bits per heavy atom. The summed E-state index contributed by atoms with van der Waals surface area (Å²) < 4.78 is 10.7. The Morgan fingerprint density at radius 2 is 2.07 bits per heavy atom. The van der Waals surface area contributed by atoms with Crippen LogP contribution in [0.5, 0.6) is 5.75 Å². The summed E-state index contributed by atoms with van der Waals surface area (Å²) in [6.07, 6.45) is 5.23. The van der Waals surface area contributed by atoms with Crippen molar-refractivity contribution in [2.45, 2.75) is 26.2 Å². The van der Waals surface area contributed by atoms with Crippen molar-refractivity contribution in [3.8, 4) is 5.75 Å². The molecule has 0 N–H and O–H groups in total. The van der Waals surface area contributed by atoms with Crippen LogP contribution in [0.15, 0.2) is 41.5 Å². The fraction of sp³-hybridized carbons (Fsp3) is 0.333. The van der Waals surface area contributed by atoms with E-state index in [4.69, 9.17) is 9.47 Å². The third kappa shape index (κ3) is 2.37. The van der Waals surface area contributed by atoms with Crippen LogP contribution in [0.1, 0.15) is 30.9 Å². The van der Waals surface area contributed by atoms with Gasteiger partial charge in [-0.25, -0.2) is 0 Å². The molecule has 28 heavy (non-hydrogen) atoms. The first-order valence-electron chi connectivity index (χ1n) is 9.64. The molecule has 2 aromatic rings. The van der Waals surface area contributed by atoms with Gasteiger partial charge in [-0.05, 0) is 59.1 Å². The van der Waals surface area contributed by atoms with E-state index in [2.05, 4.69) is 38.3 Å². The van der Waals surface area contributed by atoms with Crippen LogP contribution in [0.25, 0.3) is 16.3 Å². The Bertz CT molecular complexity index is 1090. The van der Waals surface area contributed by atoms with Crippen molar-refractivity contribution in [2.75, 3.05) is 6.61 Å². The van der Waals surface area contributed by atoms with E-state index in [-0.39, 0.29) is 42.5 Å². The molecular weight excluding hydrogens is 574 g/mol. The zero-order valence-electron chi connectivity index (χ0n) is 15.8. The number of carbonyl (C=O) groups excluding carboxylic acids is 1. The molecule has 1 heterocycles. The Morgan fingerprint density at radius 1 is 1.25 bits per heavy atom. The number of fused-ring (bicyclic) bond motifs is 5. The molecule has 3 nitrogen and oxygen atoms in total. The molecule has 138 valence electrons. The maximum atomic E-state index is 12.4. The van der Waals surface area contributed by atoms with Crippen LogP contribution in [-0.4, -0.2) is 12.6 Å². The zero-order valence-corrected chi connectivity index (χ0v) is 20.0. The van der Waals surface area contributed by atoms with Crippen LogP contribution in [0, 0.1) is 61.5 Å². The minimum Gasteiger partial charge on any atom is -0.683 e. The number of benzene rings is 2. The normalized spacial score (nSPS) is 26.1. The second kappa shape index (κ2) is 6.25. The van der Waals surface area contributed by atoms with Gasteiger partial charge >= 0.3 is 37.1 Å². The number of cyclic esters (lactones) is 1. The SMILES string of the molecule is [CH2-]Oc1[c-]cc2cc3c(cc2c1)C1=CC2=C(COC(=O)C24CC4)C(C)C1C3.[U+2]. The van der Waals surface area contributed by atoms with Crippen molar-refractivity contribution >= 4 is 22.3 Å². The van der Waals surface area contributed by atoms with Gasteiger partial charge in [0.1, 0.15) is 6.61 Å². The number of carbonyl (C=O) groups is 1. The standard InChI is InChI=1S/C24H20O3.U/c1-13-18-10-16-7-14-3-4-17(26-2)8-15(14)9-19(16)20(18)11-22-21(13)12-27-23(25)24(22)5-6-24;/h3,7-9,11,13,18H,2,5-6,10,12H2,1H3;/q-2;+2. The van der Waals surface area contributed by atoms with Gasteiger partial charge in [-0.2, -0.15) is 13.2 Å². The van der Waals surface area contributed by atoms with Gasteiger partial charge in [0.15, 0.2) is 0 Å². The first kappa shape index (κ1) is 18.5. The second-order valence-electron chi connectivity index (χ2n) is 8.38. The average Bonchev–Trinajstić information content (AvgIpc) is 3.40. The van der Waals surface area contributed by atoms with Crippen molar-refractivity contribution in [3.63, 3.8) is 0 Å². The summed E-state index contributed by atoms with van der Waals surface area (Å²) in [7, 11) is 3.49. The molecule has 6 rings (SSSR count). The van der Waals surface area contributed by atoms with E-state index < -0.39 is 0 Å². The molecule has 0 saturated heterocycles. The van der Waals surface area contributed by atoms with Gasteiger partial charge in [0.25, 0.3) is 0 Å². The van der Waals surface area contributed by atoms with Crippen molar-refractivity contribution in [1.29, 1.82) is 0 Å². The van der Waals surface area contributed by atoms with Gasteiger partial charge in [0.05, 0.1) is 5.41 Å². The summed E-state index contributed by atoms with van der Waals surface area (Å²) >= 11 is 0. The van der Waals surface area contributed by atoms with Crippen LogP contribution < -0.4 is 4.74 Å². The largest absolute Gasteiger partial charge is 2.00 e. The number of allylic oxidation sites excluding steroid dienone is 2. The third-order valence-corrected chi connectivity index (χ3v) is 7.09. The van der Waals surface area contributed by atoms with Crippen molar-refractivity contribution in [1.82, 2.24) is 0 Å². The average molecular weight is 594 g/mol. The Hall–Kier alpha value is -1.50. The summed E-state index contributed by atoms with van der Waals surface area (Å²) in [5.41, 5.74) is 6.36. The predicted octanol–water partition coefficient (Wildman–Crippen LogP) is 4.65. The minimum absolute atomic E-state index is 0. The summed E-state index contributed by atoms with van der Waals surface area (Å²) in [4.78, 5) is 12.4. The molecule has 4 aliphatic rings. The summed E-state index contributed by atoms with van der Waals surface area (Å²) in [6, 6.07) is 11.7. The van der Waals surface area contributed by atoms with E-state index in [9.17, 15) is 4.79 Å².